The summed E-state index contributed by atoms with van der Waals surface area (Å²) >= 11 is 0. The second kappa shape index (κ2) is 7.44. The van der Waals surface area contributed by atoms with Crippen molar-refractivity contribution in [3.8, 4) is 0 Å². The predicted molar refractivity (Wildman–Crippen MR) is 87.1 cm³/mol. The average Bonchev–Trinajstić information content (AvgIpc) is 2.93. The molecule has 2 saturated heterocycles. The van der Waals surface area contributed by atoms with Crippen molar-refractivity contribution in [3.05, 3.63) is 0 Å². The SMILES string of the molecule is CCC(C)C(=O)N1CCCC(C(=O)N2CC(CN)CC2C)C1. The molecule has 4 atom stereocenters. The van der Waals surface area contributed by atoms with Gasteiger partial charge in [-0.1, -0.05) is 13.8 Å². The highest BCUT2D eigenvalue weighted by Crippen LogP contribution is 2.27. The minimum atomic E-state index is -0.0271. The summed E-state index contributed by atoms with van der Waals surface area (Å²) in [6, 6.07) is 0.279. The molecule has 2 rings (SSSR count). The van der Waals surface area contributed by atoms with Crippen molar-refractivity contribution in [2.75, 3.05) is 26.2 Å². The molecular weight excluding hydrogens is 278 g/mol. The minimum Gasteiger partial charge on any atom is -0.342 e. The molecule has 0 aromatic carbocycles. The molecule has 2 aliphatic rings. The molecule has 0 spiro atoms. The molecule has 2 fully saturated rings. The zero-order valence-corrected chi connectivity index (χ0v) is 14.3. The zero-order chi connectivity index (χ0) is 16.3. The van der Waals surface area contributed by atoms with E-state index in [2.05, 4.69) is 6.92 Å². The maximum atomic E-state index is 12.8. The van der Waals surface area contributed by atoms with Gasteiger partial charge in [0.1, 0.15) is 0 Å². The molecule has 0 radical (unpaired) electrons. The Hall–Kier alpha value is -1.10. The first-order valence-electron chi connectivity index (χ1n) is 8.77. The van der Waals surface area contributed by atoms with Gasteiger partial charge in [-0.05, 0) is 45.1 Å². The van der Waals surface area contributed by atoms with Crippen molar-refractivity contribution < 1.29 is 9.59 Å². The molecule has 2 amide bonds. The molecule has 0 saturated carbocycles. The first-order valence-corrected chi connectivity index (χ1v) is 8.77. The van der Waals surface area contributed by atoms with Gasteiger partial charge in [0, 0.05) is 31.6 Å². The standard InChI is InChI=1S/C17H31N3O2/c1-4-12(2)16(21)19-7-5-6-15(11-19)17(22)20-10-14(9-18)8-13(20)3/h12-15H,4-11,18H2,1-3H3. The van der Waals surface area contributed by atoms with E-state index in [0.717, 1.165) is 38.8 Å². The number of nitrogens with two attached hydrogens (primary N) is 1. The number of carbonyl (C=O) groups excluding carboxylic acids is 2. The molecule has 2 N–H and O–H groups in total. The molecule has 2 aliphatic heterocycles. The fourth-order valence-corrected chi connectivity index (χ4v) is 3.72. The summed E-state index contributed by atoms with van der Waals surface area (Å²) in [5, 5.41) is 0. The van der Waals surface area contributed by atoms with Crippen molar-refractivity contribution >= 4 is 11.8 Å². The van der Waals surface area contributed by atoms with Crippen LogP contribution in [0.15, 0.2) is 0 Å². The molecule has 0 aromatic rings. The molecule has 4 unspecified atom stereocenters. The first-order chi connectivity index (χ1) is 10.5. The summed E-state index contributed by atoms with van der Waals surface area (Å²) < 4.78 is 0. The van der Waals surface area contributed by atoms with E-state index in [1.807, 2.05) is 23.6 Å². The van der Waals surface area contributed by atoms with Crippen LogP contribution in [0.5, 0.6) is 0 Å². The Balaban J connectivity index is 1.97. The summed E-state index contributed by atoms with van der Waals surface area (Å²) in [6.07, 6.45) is 3.69. The van der Waals surface area contributed by atoms with Gasteiger partial charge in [0.15, 0.2) is 0 Å². The van der Waals surface area contributed by atoms with Gasteiger partial charge < -0.3 is 15.5 Å². The van der Waals surface area contributed by atoms with Crippen molar-refractivity contribution in [2.45, 2.75) is 52.5 Å². The van der Waals surface area contributed by atoms with Crippen molar-refractivity contribution in [3.63, 3.8) is 0 Å². The molecule has 126 valence electrons. The third-order valence-corrected chi connectivity index (χ3v) is 5.39. The maximum absolute atomic E-state index is 12.8. The first kappa shape index (κ1) is 17.3. The lowest BCUT2D eigenvalue weighted by Gasteiger charge is -2.36. The summed E-state index contributed by atoms with van der Waals surface area (Å²) in [5.74, 6) is 0.890. The Kier molecular flexibility index (Phi) is 5.84. The Morgan fingerprint density at radius 3 is 2.64 bits per heavy atom. The molecule has 0 aromatic heterocycles. The van der Waals surface area contributed by atoms with Gasteiger partial charge in [-0.25, -0.2) is 0 Å². The number of rotatable bonds is 4. The monoisotopic (exact) mass is 309 g/mol. The van der Waals surface area contributed by atoms with E-state index in [-0.39, 0.29) is 29.7 Å². The van der Waals surface area contributed by atoms with Crippen LogP contribution < -0.4 is 5.73 Å². The zero-order valence-electron chi connectivity index (χ0n) is 14.3. The Labute approximate surface area is 134 Å². The molecule has 0 aliphatic carbocycles. The Bertz CT molecular complexity index is 413. The number of piperidine rings is 1. The number of hydrogen-bond acceptors (Lipinski definition) is 3. The third kappa shape index (κ3) is 3.62. The van der Waals surface area contributed by atoms with Crippen LogP contribution in [0.4, 0.5) is 0 Å². The fourth-order valence-electron chi connectivity index (χ4n) is 3.72. The summed E-state index contributed by atoms with van der Waals surface area (Å²) in [4.78, 5) is 29.1. The quantitative estimate of drug-likeness (QED) is 0.855. The highest BCUT2D eigenvalue weighted by molar-refractivity contribution is 5.82. The van der Waals surface area contributed by atoms with Crippen LogP contribution in [0, 0.1) is 17.8 Å². The van der Waals surface area contributed by atoms with Crippen LogP contribution in [0.1, 0.15) is 46.5 Å². The van der Waals surface area contributed by atoms with Gasteiger partial charge in [0.25, 0.3) is 0 Å². The van der Waals surface area contributed by atoms with E-state index < -0.39 is 0 Å². The van der Waals surface area contributed by atoms with E-state index in [1.165, 1.54) is 0 Å². The Morgan fingerprint density at radius 1 is 1.32 bits per heavy atom. The Morgan fingerprint density at radius 2 is 2.05 bits per heavy atom. The third-order valence-electron chi connectivity index (χ3n) is 5.39. The van der Waals surface area contributed by atoms with Crippen molar-refractivity contribution in [1.29, 1.82) is 0 Å². The van der Waals surface area contributed by atoms with Crippen molar-refractivity contribution in [2.24, 2.45) is 23.5 Å². The average molecular weight is 309 g/mol. The molecule has 5 heteroatoms. The minimum absolute atomic E-state index is 0.0271. The summed E-state index contributed by atoms with van der Waals surface area (Å²) in [6.45, 7) is 8.95. The summed E-state index contributed by atoms with van der Waals surface area (Å²) in [5.41, 5.74) is 5.76. The topological polar surface area (TPSA) is 66.6 Å². The van der Waals surface area contributed by atoms with Crippen LogP contribution >= 0.6 is 0 Å². The van der Waals surface area contributed by atoms with Gasteiger partial charge >= 0.3 is 0 Å². The number of carbonyl (C=O) groups is 2. The van der Waals surface area contributed by atoms with Gasteiger partial charge in [0.05, 0.1) is 5.92 Å². The molecule has 5 nitrogen and oxygen atoms in total. The highest BCUT2D eigenvalue weighted by Gasteiger charge is 2.37. The number of hydrogen-bond donors (Lipinski definition) is 1. The summed E-state index contributed by atoms with van der Waals surface area (Å²) in [7, 11) is 0. The van der Waals surface area contributed by atoms with Crippen LogP contribution in [0.3, 0.4) is 0 Å². The molecular formula is C17H31N3O2. The maximum Gasteiger partial charge on any atom is 0.227 e. The van der Waals surface area contributed by atoms with Crippen molar-refractivity contribution in [1.82, 2.24) is 9.80 Å². The van der Waals surface area contributed by atoms with Crippen LogP contribution in [0.25, 0.3) is 0 Å². The van der Waals surface area contributed by atoms with E-state index >= 15 is 0 Å². The lowest BCUT2D eigenvalue weighted by molar-refractivity contribution is -0.143. The van der Waals surface area contributed by atoms with Gasteiger partial charge in [-0.3, -0.25) is 9.59 Å². The fraction of sp³-hybridized carbons (Fsp3) is 0.882. The van der Waals surface area contributed by atoms with Gasteiger partial charge in [0.2, 0.25) is 11.8 Å². The number of amides is 2. The largest absolute Gasteiger partial charge is 0.342 e. The van der Waals surface area contributed by atoms with Gasteiger partial charge in [-0.2, -0.15) is 0 Å². The van der Waals surface area contributed by atoms with E-state index in [1.54, 1.807) is 0 Å². The van der Waals surface area contributed by atoms with E-state index in [0.29, 0.717) is 19.0 Å². The molecule has 0 bridgehead atoms. The number of nitrogens with zero attached hydrogens (tertiary/aromatic N) is 2. The van der Waals surface area contributed by atoms with Crippen LogP contribution in [-0.2, 0) is 9.59 Å². The van der Waals surface area contributed by atoms with Gasteiger partial charge in [-0.15, -0.1) is 0 Å². The normalized spacial score (nSPS) is 30.5. The second-order valence-electron chi connectivity index (χ2n) is 7.11. The lowest BCUT2D eigenvalue weighted by Crippen LogP contribution is -2.48. The predicted octanol–water partition coefficient (Wildman–Crippen LogP) is 1.47. The van der Waals surface area contributed by atoms with Crippen LogP contribution in [-0.4, -0.2) is 53.8 Å². The molecule has 2 heterocycles. The smallest absolute Gasteiger partial charge is 0.227 e. The number of likely N-dealkylation sites (tertiary alicyclic amines) is 2. The second-order valence-corrected chi connectivity index (χ2v) is 7.11. The van der Waals surface area contributed by atoms with E-state index in [4.69, 9.17) is 5.73 Å². The van der Waals surface area contributed by atoms with Crippen LogP contribution in [0.2, 0.25) is 0 Å². The van der Waals surface area contributed by atoms with E-state index in [9.17, 15) is 9.59 Å². The lowest BCUT2D eigenvalue weighted by atomic mass is 9.94. The molecule has 22 heavy (non-hydrogen) atoms. The highest BCUT2D eigenvalue weighted by atomic mass is 16.2.